The van der Waals surface area contributed by atoms with E-state index < -0.39 is 6.04 Å². The maximum atomic E-state index is 13.8. The number of carbonyl (C=O) groups is 2. The first-order chi connectivity index (χ1) is 16.7. The summed E-state index contributed by atoms with van der Waals surface area (Å²) < 4.78 is 11.6. The number of fused-ring (bicyclic) bond motifs is 2. The highest BCUT2D eigenvalue weighted by atomic mass is 32.2. The Morgan fingerprint density at radius 3 is 2.79 bits per heavy atom. The molecule has 0 spiro atoms. The van der Waals surface area contributed by atoms with Gasteiger partial charge >= 0.3 is 0 Å². The monoisotopic (exact) mass is 471 g/mol. The van der Waals surface area contributed by atoms with Crippen LogP contribution in [0.15, 0.2) is 92.3 Å². The van der Waals surface area contributed by atoms with Crippen molar-refractivity contribution in [3.05, 3.63) is 84.0 Å². The molecule has 2 aromatic heterocycles. The van der Waals surface area contributed by atoms with Crippen molar-refractivity contribution in [1.29, 1.82) is 0 Å². The SMILES string of the molecule is O=C1CCCC2=C1C(c1ccco1)N(C(=O)CSc1nc3ccccc3o1)c1ccccc1N2. The number of anilines is 2. The number of allylic oxidation sites excluding steroid dienone is 1. The fourth-order valence-electron chi connectivity index (χ4n) is 4.63. The van der Waals surface area contributed by atoms with Crippen LogP contribution in [0.5, 0.6) is 0 Å². The molecule has 0 fully saturated rings. The molecule has 2 aromatic carbocycles. The van der Waals surface area contributed by atoms with Gasteiger partial charge in [0.05, 0.1) is 23.4 Å². The Kier molecular flexibility index (Phi) is 5.22. The molecule has 1 atom stereocenters. The van der Waals surface area contributed by atoms with Crippen molar-refractivity contribution in [3.63, 3.8) is 0 Å². The number of furan rings is 1. The van der Waals surface area contributed by atoms with E-state index in [-0.39, 0.29) is 17.4 Å². The number of hydrogen-bond donors (Lipinski definition) is 1. The summed E-state index contributed by atoms with van der Waals surface area (Å²) in [4.78, 5) is 33.2. The van der Waals surface area contributed by atoms with Crippen LogP contribution in [0, 0.1) is 0 Å². The van der Waals surface area contributed by atoms with E-state index in [1.807, 2.05) is 54.6 Å². The molecule has 6 rings (SSSR count). The van der Waals surface area contributed by atoms with Crippen LogP contribution in [0.4, 0.5) is 11.4 Å². The van der Waals surface area contributed by atoms with Crippen LogP contribution >= 0.6 is 11.8 Å². The highest BCUT2D eigenvalue weighted by molar-refractivity contribution is 7.99. The molecule has 8 heteroatoms. The molecule has 1 unspecified atom stereocenters. The van der Waals surface area contributed by atoms with Gasteiger partial charge in [-0.1, -0.05) is 36.0 Å². The van der Waals surface area contributed by atoms with E-state index >= 15 is 0 Å². The van der Waals surface area contributed by atoms with Gasteiger partial charge in [-0.25, -0.2) is 4.98 Å². The lowest BCUT2D eigenvalue weighted by Crippen LogP contribution is -2.38. The van der Waals surface area contributed by atoms with E-state index in [0.717, 1.165) is 29.7 Å². The number of Topliss-reactive ketones (excluding diaryl/α,β-unsaturated/α-hetero) is 1. The Labute approximate surface area is 199 Å². The second-order valence-corrected chi connectivity index (χ2v) is 9.16. The topological polar surface area (TPSA) is 88.6 Å². The number of amides is 1. The van der Waals surface area contributed by atoms with Crippen molar-refractivity contribution in [1.82, 2.24) is 4.98 Å². The highest BCUT2D eigenvalue weighted by Crippen LogP contribution is 2.45. The second-order valence-electron chi connectivity index (χ2n) is 8.23. The normalized spacial score (nSPS) is 17.8. The molecule has 0 saturated carbocycles. The van der Waals surface area contributed by atoms with E-state index in [1.54, 1.807) is 17.2 Å². The van der Waals surface area contributed by atoms with Gasteiger partial charge in [0.25, 0.3) is 5.22 Å². The summed E-state index contributed by atoms with van der Waals surface area (Å²) in [5.41, 5.74) is 4.37. The molecule has 0 bridgehead atoms. The van der Waals surface area contributed by atoms with Crippen molar-refractivity contribution in [2.75, 3.05) is 16.0 Å². The number of aromatic nitrogens is 1. The number of ketones is 1. The third kappa shape index (κ3) is 3.60. The molecule has 4 aromatic rings. The average Bonchev–Trinajstić information content (AvgIpc) is 3.49. The van der Waals surface area contributed by atoms with Crippen molar-refractivity contribution in [3.8, 4) is 0 Å². The minimum atomic E-state index is -0.648. The number of hydrogen-bond acceptors (Lipinski definition) is 7. The molecule has 1 aliphatic carbocycles. The van der Waals surface area contributed by atoms with Gasteiger partial charge in [0.15, 0.2) is 11.4 Å². The van der Waals surface area contributed by atoms with Crippen LogP contribution < -0.4 is 10.2 Å². The molecular formula is C26H21N3O4S. The number of rotatable bonds is 4. The summed E-state index contributed by atoms with van der Waals surface area (Å²) in [5, 5.41) is 3.88. The highest BCUT2D eigenvalue weighted by Gasteiger charge is 2.40. The zero-order valence-electron chi connectivity index (χ0n) is 18.2. The van der Waals surface area contributed by atoms with Gasteiger partial charge < -0.3 is 14.2 Å². The predicted molar refractivity (Wildman–Crippen MR) is 130 cm³/mol. The largest absolute Gasteiger partial charge is 0.467 e. The van der Waals surface area contributed by atoms with E-state index in [4.69, 9.17) is 8.83 Å². The number of nitrogens with one attached hydrogen (secondary N) is 1. The number of thioether (sulfide) groups is 1. The molecule has 3 heterocycles. The van der Waals surface area contributed by atoms with Gasteiger partial charge in [0.1, 0.15) is 17.3 Å². The molecule has 0 radical (unpaired) electrons. The zero-order chi connectivity index (χ0) is 23.1. The summed E-state index contributed by atoms with van der Waals surface area (Å²) in [7, 11) is 0. The minimum Gasteiger partial charge on any atom is -0.467 e. The maximum absolute atomic E-state index is 13.8. The minimum absolute atomic E-state index is 0.0346. The molecule has 2 aliphatic rings. The van der Waals surface area contributed by atoms with Crippen LogP contribution in [0.1, 0.15) is 31.1 Å². The number of para-hydroxylation sites is 4. The Bertz CT molecular complexity index is 1390. The standard InChI is InChI=1S/C26H21N3O4S/c30-20-11-5-9-18-24(20)25(22-13-6-14-32-22)29(19-10-3-1-7-16(19)27-18)23(31)15-34-26-28-17-8-2-4-12-21(17)33-26/h1-4,6-8,10,12-14,25,27H,5,9,11,15H2. The number of nitrogens with zero attached hydrogens (tertiary/aromatic N) is 2. The Hall–Kier alpha value is -3.78. The smallest absolute Gasteiger partial charge is 0.257 e. The molecular weight excluding hydrogens is 450 g/mol. The lowest BCUT2D eigenvalue weighted by molar-refractivity contribution is -0.117. The van der Waals surface area contributed by atoms with E-state index in [0.29, 0.717) is 34.2 Å². The quantitative estimate of drug-likeness (QED) is 0.381. The van der Waals surface area contributed by atoms with Crippen LogP contribution in [0.25, 0.3) is 11.1 Å². The summed E-state index contributed by atoms with van der Waals surface area (Å²) in [6, 6.07) is 18.1. The summed E-state index contributed by atoms with van der Waals surface area (Å²) in [5.74, 6) is 0.513. The number of carbonyl (C=O) groups excluding carboxylic acids is 2. The predicted octanol–water partition coefficient (Wildman–Crippen LogP) is 5.72. The first kappa shape index (κ1) is 20.8. The summed E-state index contributed by atoms with van der Waals surface area (Å²) >= 11 is 1.24. The van der Waals surface area contributed by atoms with Crippen LogP contribution in [0.3, 0.4) is 0 Å². The van der Waals surface area contributed by atoms with E-state index in [9.17, 15) is 9.59 Å². The lowest BCUT2D eigenvalue weighted by Gasteiger charge is -2.32. The fourth-order valence-corrected chi connectivity index (χ4v) is 5.33. The van der Waals surface area contributed by atoms with Gasteiger partial charge in [-0.3, -0.25) is 14.5 Å². The van der Waals surface area contributed by atoms with Gasteiger partial charge in [-0.2, -0.15) is 0 Å². The Morgan fingerprint density at radius 1 is 1.09 bits per heavy atom. The van der Waals surface area contributed by atoms with Gasteiger partial charge in [-0.15, -0.1) is 0 Å². The average molecular weight is 472 g/mol. The summed E-state index contributed by atoms with van der Waals surface area (Å²) in [6.45, 7) is 0. The fraction of sp³-hybridized carbons (Fsp3) is 0.192. The first-order valence-corrected chi connectivity index (χ1v) is 12.1. The van der Waals surface area contributed by atoms with E-state index in [2.05, 4.69) is 10.3 Å². The molecule has 170 valence electrons. The van der Waals surface area contributed by atoms with Crippen molar-refractivity contribution in [2.45, 2.75) is 30.5 Å². The number of oxazole rings is 1. The van der Waals surface area contributed by atoms with Crippen LogP contribution in [-0.2, 0) is 9.59 Å². The van der Waals surface area contributed by atoms with E-state index in [1.165, 1.54) is 11.8 Å². The van der Waals surface area contributed by atoms with Gasteiger partial charge in [0.2, 0.25) is 5.91 Å². The molecule has 7 nitrogen and oxygen atoms in total. The first-order valence-electron chi connectivity index (χ1n) is 11.1. The van der Waals surface area contributed by atoms with Gasteiger partial charge in [0, 0.05) is 17.7 Å². The summed E-state index contributed by atoms with van der Waals surface area (Å²) in [6.07, 6.45) is 3.54. The third-order valence-electron chi connectivity index (χ3n) is 6.11. The van der Waals surface area contributed by atoms with Crippen molar-refractivity contribution < 1.29 is 18.4 Å². The molecule has 1 amide bonds. The van der Waals surface area contributed by atoms with Crippen LogP contribution in [0.2, 0.25) is 0 Å². The number of benzene rings is 2. The second kappa shape index (κ2) is 8.53. The van der Waals surface area contributed by atoms with Crippen LogP contribution in [-0.4, -0.2) is 22.4 Å². The molecule has 1 aliphatic heterocycles. The third-order valence-corrected chi connectivity index (χ3v) is 6.92. The van der Waals surface area contributed by atoms with Crippen molar-refractivity contribution in [2.24, 2.45) is 0 Å². The Balaban J connectivity index is 1.41. The maximum Gasteiger partial charge on any atom is 0.257 e. The lowest BCUT2D eigenvalue weighted by atomic mass is 9.88. The molecule has 1 N–H and O–H groups in total. The molecule has 0 saturated heterocycles. The zero-order valence-corrected chi connectivity index (χ0v) is 19.0. The van der Waals surface area contributed by atoms with Gasteiger partial charge in [-0.05, 0) is 49.2 Å². The molecule has 34 heavy (non-hydrogen) atoms. The van der Waals surface area contributed by atoms with Crippen molar-refractivity contribution >= 4 is 45.9 Å². The Morgan fingerprint density at radius 2 is 1.94 bits per heavy atom.